The molecule has 1 aliphatic carbocycles. The van der Waals surface area contributed by atoms with E-state index in [-0.39, 0.29) is 5.63 Å². The van der Waals surface area contributed by atoms with Gasteiger partial charge in [0, 0.05) is 17.2 Å². The summed E-state index contributed by atoms with van der Waals surface area (Å²) in [6, 6.07) is 17.7. The van der Waals surface area contributed by atoms with Crippen LogP contribution in [0.1, 0.15) is 23.1 Å². The number of nitrogens with zero attached hydrogens (tertiary/aromatic N) is 3. The van der Waals surface area contributed by atoms with Gasteiger partial charge in [0.25, 0.3) is 0 Å². The summed E-state index contributed by atoms with van der Waals surface area (Å²) >= 11 is 3.16. The van der Waals surface area contributed by atoms with E-state index < -0.39 is 0 Å². The summed E-state index contributed by atoms with van der Waals surface area (Å²) in [4.78, 5) is 13.3. The Hall–Kier alpha value is -3.36. The lowest BCUT2D eigenvalue weighted by molar-refractivity contribution is 0.412. The van der Waals surface area contributed by atoms with E-state index in [1.807, 2.05) is 52.4 Å². The summed E-state index contributed by atoms with van der Waals surface area (Å²) in [6.07, 6.45) is 3.26. The van der Waals surface area contributed by atoms with Gasteiger partial charge in [-0.1, -0.05) is 30.0 Å². The summed E-state index contributed by atoms with van der Waals surface area (Å²) in [5.41, 5.74) is 4.79. The van der Waals surface area contributed by atoms with E-state index in [1.165, 1.54) is 11.1 Å². The Morgan fingerprint density at radius 3 is 2.76 bits per heavy atom. The zero-order chi connectivity index (χ0) is 23.1. The van der Waals surface area contributed by atoms with Crippen molar-refractivity contribution in [3.63, 3.8) is 0 Å². The van der Waals surface area contributed by atoms with E-state index in [0.29, 0.717) is 11.3 Å². The largest absolute Gasteiger partial charge is 0.495 e. The Balaban J connectivity index is 1.43. The predicted octanol–water partition coefficient (Wildman–Crippen LogP) is 5.89. The van der Waals surface area contributed by atoms with E-state index in [0.717, 1.165) is 57.5 Å². The molecule has 1 aliphatic rings. The normalized spacial score (nSPS) is 12.9. The summed E-state index contributed by atoms with van der Waals surface area (Å²) in [5, 5.41) is 12.8. The number of aryl methyl sites for hydroxylation is 2. The molecule has 5 aromatic rings. The van der Waals surface area contributed by atoms with Gasteiger partial charge < -0.3 is 9.15 Å². The number of hydrogen-bond donors (Lipinski definition) is 0. The van der Waals surface area contributed by atoms with Crippen LogP contribution in [0.2, 0.25) is 0 Å². The Labute approximate surface area is 204 Å². The van der Waals surface area contributed by atoms with Crippen LogP contribution < -0.4 is 10.4 Å². The van der Waals surface area contributed by atoms with Crippen molar-refractivity contribution < 1.29 is 9.15 Å². The summed E-state index contributed by atoms with van der Waals surface area (Å²) in [7, 11) is 1.66. The molecular weight excluding hydrogens is 466 g/mol. The lowest BCUT2D eigenvalue weighted by Crippen LogP contribution is -2.03. The number of ether oxygens (including phenoxy) is 1. The lowest BCUT2D eigenvalue weighted by Gasteiger charge is -2.13. The molecule has 0 amide bonds. The number of fused-ring (bicyclic) bond motifs is 2. The molecule has 6 nitrogen and oxygen atoms in total. The standard InChI is InChI=1S/C26H21N3O3S2/c1-31-21-9-3-2-8-20(21)29-25(23-10-5-11-33-23)27-28-26(29)34-15-18-14-24(30)32-22-13-17-7-4-6-16(17)12-19(18)22/h2-3,5,8-14H,4,6-7,15H2,1H3. The molecule has 0 unspecified atom stereocenters. The number of aromatic nitrogens is 3. The second kappa shape index (κ2) is 8.77. The van der Waals surface area contributed by atoms with Crippen LogP contribution in [0.3, 0.4) is 0 Å². The number of thiophene rings is 1. The van der Waals surface area contributed by atoms with Crippen LogP contribution in [0, 0.1) is 0 Å². The molecule has 0 saturated heterocycles. The van der Waals surface area contributed by atoms with Crippen molar-refractivity contribution in [1.29, 1.82) is 0 Å². The van der Waals surface area contributed by atoms with Gasteiger partial charge in [-0.25, -0.2) is 4.79 Å². The van der Waals surface area contributed by atoms with Gasteiger partial charge >= 0.3 is 5.63 Å². The highest BCUT2D eigenvalue weighted by molar-refractivity contribution is 7.98. The monoisotopic (exact) mass is 487 g/mol. The highest BCUT2D eigenvalue weighted by atomic mass is 32.2. The molecular formula is C26H21N3O3S2. The van der Waals surface area contributed by atoms with Crippen LogP contribution in [-0.4, -0.2) is 21.9 Å². The molecule has 0 radical (unpaired) electrons. The molecule has 6 rings (SSSR count). The molecule has 34 heavy (non-hydrogen) atoms. The summed E-state index contributed by atoms with van der Waals surface area (Å²) in [5.74, 6) is 2.07. The number of para-hydroxylation sites is 2. The highest BCUT2D eigenvalue weighted by Crippen LogP contribution is 2.36. The van der Waals surface area contributed by atoms with E-state index in [2.05, 4.69) is 16.3 Å². The lowest BCUT2D eigenvalue weighted by atomic mass is 10.0. The van der Waals surface area contributed by atoms with Gasteiger partial charge in [-0.3, -0.25) is 4.57 Å². The van der Waals surface area contributed by atoms with Gasteiger partial charge in [0.2, 0.25) is 0 Å². The second-order valence-electron chi connectivity index (χ2n) is 8.14. The maximum Gasteiger partial charge on any atom is 0.336 e. The SMILES string of the molecule is COc1ccccc1-n1c(SCc2cc(=O)oc3cc4c(cc23)CCC4)nnc1-c1cccs1. The van der Waals surface area contributed by atoms with Crippen molar-refractivity contribution in [3.8, 4) is 22.1 Å². The first-order chi connectivity index (χ1) is 16.7. The third-order valence-electron chi connectivity index (χ3n) is 6.10. The fourth-order valence-corrected chi connectivity index (χ4v) is 6.15. The first-order valence-corrected chi connectivity index (χ1v) is 12.9. The Morgan fingerprint density at radius 2 is 1.94 bits per heavy atom. The smallest absolute Gasteiger partial charge is 0.336 e. The Kier molecular flexibility index (Phi) is 5.47. The summed E-state index contributed by atoms with van der Waals surface area (Å²) < 4.78 is 13.2. The van der Waals surface area contributed by atoms with Crippen molar-refractivity contribution in [3.05, 3.63) is 87.1 Å². The number of hydrogen-bond acceptors (Lipinski definition) is 7. The average molecular weight is 488 g/mol. The topological polar surface area (TPSA) is 70.2 Å². The van der Waals surface area contributed by atoms with Crippen molar-refractivity contribution in [1.82, 2.24) is 14.8 Å². The molecule has 0 N–H and O–H groups in total. The van der Waals surface area contributed by atoms with Gasteiger partial charge in [-0.15, -0.1) is 21.5 Å². The molecule has 0 saturated carbocycles. The zero-order valence-corrected chi connectivity index (χ0v) is 20.1. The number of rotatable bonds is 6. The van der Waals surface area contributed by atoms with Crippen LogP contribution in [-0.2, 0) is 18.6 Å². The highest BCUT2D eigenvalue weighted by Gasteiger charge is 2.21. The molecule has 0 atom stereocenters. The van der Waals surface area contributed by atoms with Gasteiger partial charge in [0.15, 0.2) is 11.0 Å². The van der Waals surface area contributed by atoms with E-state index in [1.54, 1.807) is 36.3 Å². The summed E-state index contributed by atoms with van der Waals surface area (Å²) in [6.45, 7) is 0. The van der Waals surface area contributed by atoms with Crippen molar-refractivity contribution >= 4 is 34.1 Å². The Morgan fingerprint density at radius 1 is 1.09 bits per heavy atom. The molecule has 0 fully saturated rings. The first kappa shape index (κ1) is 21.2. The zero-order valence-electron chi connectivity index (χ0n) is 18.5. The Bertz CT molecular complexity index is 1550. The number of benzene rings is 2. The van der Waals surface area contributed by atoms with Crippen molar-refractivity contribution in [2.45, 2.75) is 30.2 Å². The van der Waals surface area contributed by atoms with Crippen molar-refractivity contribution in [2.24, 2.45) is 0 Å². The van der Waals surface area contributed by atoms with Crippen LogP contribution >= 0.6 is 23.1 Å². The molecule has 8 heteroatoms. The van der Waals surface area contributed by atoms with Gasteiger partial charge in [0.1, 0.15) is 11.3 Å². The third-order valence-corrected chi connectivity index (χ3v) is 7.94. The first-order valence-electron chi connectivity index (χ1n) is 11.1. The van der Waals surface area contributed by atoms with Gasteiger partial charge in [-0.05, 0) is 71.7 Å². The van der Waals surface area contributed by atoms with Crippen LogP contribution in [0.15, 0.2) is 74.3 Å². The quantitative estimate of drug-likeness (QED) is 0.220. The third kappa shape index (κ3) is 3.73. The van der Waals surface area contributed by atoms with Gasteiger partial charge in [-0.2, -0.15) is 0 Å². The van der Waals surface area contributed by atoms with Crippen LogP contribution in [0.4, 0.5) is 0 Å². The van der Waals surface area contributed by atoms with E-state index in [9.17, 15) is 4.79 Å². The predicted molar refractivity (Wildman–Crippen MR) is 135 cm³/mol. The fourth-order valence-electron chi connectivity index (χ4n) is 4.52. The van der Waals surface area contributed by atoms with E-state index >= 15 is 0 Å². The molecule has 2 aromatic carbocycles. The maximum atomic E-state index is 12.3. The fraction of sp³-hybridized carbons (Fsp3) is 0.192. The molecule has 0 spiro atoms. The average Bonchev–Trinajstić information content (AvgIpc) is 3.61. The molecule has 0 aliphatic heterocycles. The molecule has 170 valence electrons. The minimum absolute atomic E-state index is 0.327. The van der Waals surface area contributed by atoms with Crippen molar-refractivity contribution in [2.75, 3.05) is 7.11 Å². The number of thioether (sulfide) groups is 1. The van der Waals surface area contributed by atoms with Crippen LogP contribution in [0.5, 0.6) is 5.75 Å². The van der Waals surface area contributed by atoms with E-state index in [4.69, 9.17) is 9.15 Å². The molecule has 3 aromatic heterocycles. The second-order valence-corrected chi connectivity index (χ2v) is 10.0. The minimum Gasteiger partial charge on any atom is -0.495 e. The molecule has 3 heterocycles. The minimum atomic E-state index is -0.327. The van der Waals surface area contributed by atoms with Crippen LogP contribution in [0.25, 0.3) is 27.4 Å². The van der Waals surface area contributed by atoms with Gasteiger partial charge in [0.05, 0.1) is 17.7 Å². The maximum absolute atomic E-state index is 12.3. The molecule has 0 bridgehead atoms. The number of methoxy groups -OCH3 is 1.